The van der Waals surface area contributed by atoms with E-state index in [0.717, 1.165) is 22.3 Å². The van der Waals surface area contributed by atoms with Crippen LogP contribution in [0.5, 0.6) is 0 Å². The van der Waals surface area contributed by atoms with Gasteiger partial charge in [0.1, 0.15) is 0 Å². The smallest absolute Gasteiger partial charge is 0.261 e. The fourth-order valence-electron chi connectivity index (χ4n) is 3.33. The Hall–Kier alpha value is -3.45. The lowest BCUT2D eigenvalue weighted by atomic mass is 10.1. The average Bonchev–Trinajstić information content (AvgIpc) is 3.38. The van der Waals surface area contributed by atoms with Crippen LogP contribution in [0.15, 0.2) is 66.2 Å². The van der Waals surface area contributed by atoms with Crippen LogP contribution in [0.4, 0.5) is 0 Å². The number of nitrogens with one attached hydrogen (secondary N) is 1. The lowest BCUT2D eigenvalue weighted by Crippen LogP contribution is -2.21. The highest BCUT2D eigenvalue weighted by Gasteiger charge is 2.13. The van der Waals surface area contributed by atoms with Crippen molar-refractivity contribution in [1.82, 2.24) is 29.1 Å². The topological polar surface area (TPSA) is 80.9 Å². The zero-order valence-electron chi connectivity index (χ0n) is 14.7. The third-order valence-corrected chi connectivity index (χ3v) is 5.05. The molecule has 1 aromatic carbocycles. The first-order chi connectivity index (χ1) is 13.7. The summed E-state index contributed by atoms with van der Waals surface area (Å²) in [6.45, 7) is 0.560. The number of hydrogen-bond donors (Lipinski definition) is 1. The summed E-state index contributed by atoms with van der Waals surface area (Å²) in [6, 6.07) is 9.42. The number of halogens is 1. The van der Waals surface area contributed by atoms with Crippen molar-refractivity contribution in [2.24, 2.45) is 0 Å². The second-order valence-electron chi connectivity index (χ2n) is 6.50. The number of rotatable bonds is 4. The second kappa shape index (κ2) is 6.61. The van der Waals surface area contributed by atoms with E-state index in [-0.39, 0.29) is 5.56 Å². The lowest BCUT2D eigenvalue weighted by Gasteiger charge is -2.07. The molecule has 0 aliphatic carbocycles. The molecule has 0 aliphatic heterocycles. The minimum absolute atomic E-state index is 0.0880. The molecule has 1 N–H and O–H groups in total. The molecule has 5 aromatic rings. The molecule has 0 spiro atoms. The molecule has 0 aliphatic rings. The van der Waals surface area contributed by atoms with Crippen molar-refractivity contribution < 1.29 is 0 Å². The Kier molecular flexibility index (Phi) is 3.95. The van der Waals surface area contributed by atoms with Gasteiger partial charge in [-0.3, -0.25) is 4.79 Å². The maximum Gasteiger partial charge on any atom is 0.261 e. The van der Waals surface area contributed by atoms with Gasteiger partial charge in [0.2, 0.25) is 0 Å². The van der Waals surface area contributed by atoms with E-state index in [1.54, 1.807) is 40.2 Å². The van der Waals surface area contributed by atoms with Crippen LogP contribution in [0.3, 0.4) is 0 Å². The molecule has 0 bridgehead atoms. The minimum Gasteiger partial charge on any atom is -0.348 e. The predicted molar refractivity (Wildman–Crippen MR) is 107 cm³/mol. The van der Waals surface area contributed by atoms with Crippen LogP contribution in [0, 0.1) is 0 Å². The fraction of sp³-hybridized carbons (Fsp3) is 0.100. The van der Waals surface area contributed by atoms with Crippen LogP contribution in [0.2, 0.25) is 5.02 Å². The summed E-state index contributed by atoms with van der Waals surface area (Å²) in [5.41, 5.74) is 4.19. The summed E-state index contributed by atoms with van der Waals surface area (Å²) in [4.78, 5) is 24.5. The SMILES string of the molecule is O=c1c2cnc3c(-c4ccc(Cl)cc4)cnn3c2ccn1CCc1cnc[nH]1. The molecule has 0 unspecified atom stereocenters. The lowest BCUT2D eigenvalue weighted by molar-refractivity contribution is 0.666. The number of aromatic nitrogens is 6. The number of hydrogen-bond acceptors (Lipinski definition) is 4. The number of benzene rings is 1. The number of imidazole rings is 1. The van der Waals surface area contributed by atoms with Gasteiger partial charge < -0.3 is 9.55 Å². The Morgan fingerprint density at radius 1 is 1.07 bits per heavy atom. The van der Waals surface area contributed by atoms with Crippen LogP contribution in [0.1, 0.15) is 5.69 Å². The third-order valence-electron chi connectivity index (χ3n) is 4.80. The van der Waals surface area contributed by atoms with Crippen molar-refractivity contribution in [2.75, 3.05) is 0 Å². The summed E-state index contributed by atoms with van der Waals surface area (Å²) in [5, 5.41) is 5.67. The second-order valence-corrected chi connectivity index (χ2v) is 6.94. The molecule has 0 atom stereocenters. The first-order valence-corrected chi connectivity index (χ1v) is 9.17. The minimum atomic E-state index is -0.0880. The first-order valence-electron chi connectivity index (χ1n) is 8.80. The molecule has 0 amide bonds. The van der Waals surface area contributed by atoms with E-state index in [0.29, 0.717) is 29.0 Å². The van der Waals surface area contributed by atoms with Gasteiger partial charge in [0.15, 0.2) is 5.65 Å². The monoisotopic (exact) mass is 390 g/mol. The van der Waals surface area contributed by atoms with Crippen LogP contribution in [0.25, 0.3) is 27.7 Å². The zero-order chi connectivity index (χ0) is 19.1. The maximum absolute atomic E-state index is 12.9. The highest BCUT2D eigenvalue weighted by Crippen LogP contribution is 2.26. The van der Waals surface area contributed by atoms with Crippen molar-refractivity contribution in [3.8, 4) is 11.1 Å². The van der Waals surface area contributed by atoms with Crippen molar-refractivity contribution in [1.29, 1.82) is 0 Å². The van der Waals surface area contributed by atoms with Gasteiger partial charge in [0.05, 0.1) is 23.4 Å². The average molecular weight is 391 g/mol. The predicted octanol–water partition coefficient (Wildman–Crippen LogP) is 3.33. The van der Waals surface area contributed by atoms with Gasteiger partial charge in [0, 0.05) is 47.8 Å². The maximum atomic E-state index is 12.9. The van der Waals surface area contributed by atoms with Gasteiger partial charge in [0.25, 0.3) is 5.56 Å². The van der Waals surface area contributed by atoms with E-state index in [4.69, 9.17) is 11.6 Å². The molecule has 0 fully saturated rings. The van der Waals surface area contributed by atoms with E-state index in [1.165, 1.54) is 0 Å². The summed E-state index contributed by atoms with van der Waals surface area (Å²) < 4.78 is 3.39. The standard InChI is InChI=1S/C20H15ClN6O/c21-14-3-1-13(2-4-14)16-11-25-27-18-6-8-26(7-5-15-9-22-12-24-15)20(28)17(18)10-23-19(16)27/h1-4,6,8-12H,5,7H2,(H,22,24). The molecule has 4 aromatic heterocycles. The number of aromatic amines is 1. The van der Waals surface area contributed by atoms with Crippen LogP contribution in [-0.4, -0.2) is 29.1 Å². The Morgan fingerprint density at radius 3 is 2.71 bits per heavy atom. The summed E-state index contributed by atoms with van der Waals surface area (Å²) in [6.07, 6.45) is 9.28. The number of aryl methyl sites for hydroxylation is 2. The molecule has 5 rings (SSSR count). The summed E-state index contributed by atoms with van der Waals surface area (Å²) in [5.74, 6) is 0. The molecule has 0 radical (unpaired) electrons. The largest absolute Gasteiger partial charge is 0.348 e. The van der Waals surface area contributed by atoms with E-state index in [2.05, 4.69) is 20.1 Å². The van der Waals surface area contributed by atoms with Crippen molar-refractivity contribution in [3.05, 3.63) is 82.5 Å². The number of H-pyrrole nitrogens is 1. The molecule has 4 heterocycles. The highest BCUT2D eigenvalue weighted by atomic mass is 35.5. The number of nitrogens with zero attached hydrogens (tertiary/aromatic N) is 5. The number of fused-ring (bicyclic) bond motifs is 3. The summed E-state index contributed by atoms with van der Waals surface area (Å²) >= 11 is 5.98. The van der Waals surface area contributed by atoms with Crippen molar-refractivity contribution in [3.63, 3.8) is 0 Å². The van der Waals surface area contributed by atoms with Gasteiger partial charge in [-0.15, -0.1) is 0 Å². The Morgan fingerprint density at radius 2 is 1.93 bits per heavy atom. The van der Waals surface area contributed by atoms with Crippen LogP contribution in [-0.2, 0) is 13.0 Å². The van der Waals surface area contributed by atoms with E-state index in [9.17, 15) is 4.79 Å². The Bertz CT molecular complexity index is 1340. The van der Waals surface area contributed by atoms with Gasteiger partial charge >= 0.3 is 0 Å². The van der Waals surface area contributed by atoms with Crippen molar-refractivity contribution >= 4 is 28.2 Å². The quantitative estimate of drug-likeness (QED) is 0.510. The number of pyridine rings is 1. The Balaban J connectivity index is 1.58. The molecule has 0 saturated carbocycles. The molecule has 28 heavy (non-hydrogen) atoms. The summed E-state index contributed by atoms with van der Waals surface area (Å²) in [7, 11) is 0. The Labute approximate surface area is 164 Å². The molecule has 138 valence electrons. The van der Waals surface area contributed by atoms with Crippen LogP contribution < -0.4 is 5.56 Å². The molecular formula is C20H15ClN6O. The zero-order valence-corrected chi connectivity index (χ0v) is 15.5. The van der Waals surface area contributed by atoms with Gasteiger partial charge in [-0.2, -0.15) is 5.10 Å². The van der Waals surface area contributed by atoms with E-state index < -0.39 is 0 Å². The highest BCUT2D eigenvalue weighted by molar-refractivity contribution is 6.30. The molecule has 0 saturated heterocycles. The third kappa shape index (κ3) is 2.76. The van der Waals surface area contributed by atoms with Crippen molar-refractivity contribution in [2.45, 2.75) is 13.0 Å². The molecular weight excluding hydrogens is 376 g/mol. The fourth-order valence-corrected chi connectivity index (χ4v) is 3.45. The van der Waals surface area contributed by atoms with Gasteiger partial charge in [-0.25, -0.2) is 14.5 Å². The molecule has 8 heteroatoms. The first kappa shape index (κ1) is 16.7. The van der Waals surface area contributed by atoms with Crippen LogP contribution >= 0.6 is 11.6 Å². The van der Waals surface area contributed by atoms with E-state index in [1.807, 2.05) is 30.3 Å². The molecule has 7 nitrogen and oxygen atoms in total. The normalized spacial score (nSPS) is 11.5. The van der Waals surface area contributed by atoms with Gasteiger partial charge in [-0.05, 0) is 23.8 Å². The van der Waals surface area contributed by atoms with E-state index >= 15 is 0 Å². The van der Waals surface area contributed by atoms with Gasteiger partial charge in [-0.1, -0.05) is 23.7 Å².